The van der Waals surface area contributed by atoms with Crippen molar-refractivity contribution in [1.82, 2.24) is 0 Å². The van der Waals surface area contributed by atoms with Crippen molar-refractivity contribution < 1.29 is 19.0 Å². The monoisotopic (exact) mass is 302 g/mol. The Hall–Kier alpha value is -0.810. The van der Waals surface area contributed by atoms with E-state index in [2.05, 4.69) is 15.9 Å². The molecule has 92 valence electrons. The molecule has 0 unspecified atom stereocenters. The average Bonchev–Trinajstić information content (AvgIpc) is 3.03. The molecule has 1 heterocycles. The number of ether oxygens (including phenoxy) is 2. The maximum atomic E-state index is 14.2. The van der Waals surface area contributed by atoms with E-state index in [1.807, 2.05) is 0 Å². The predicted molar refractivity (Wildman–Crippen MR) is 63.0 cm³/mol. The standard InChI is InChI=1S/C12H12BrFO3/c13-8-5-9-11(17-4-3-16-9)10(14)7(8)6-12(15)1-2-12/h5,15H,1-4,6H2. The molecule has 0 atom stereocenters. The van der Waals surface area contributed by atoms with Gasteiger partial charge in [-0.15, -0.1) is 0 Å². The van der Waals surface area contributed by atoms with Gasteiger partial charge in [0.25, 0.3) is 0 Å². The quantitative estimate of drug-likeness (QED) is 0.912. The van der Waals surface area contributed by atoms with Crippen molar-refractivity contribution >= 4 is 15.9 Å². The average molecular weight is 303 g/mol. The van der Waals surface area contributed by atoms with Crippen molar-refractivity contribution in [2.45, 2.75) is 24.9 Å². The molecule has 1 fully saturated rings. The number of hydrogen-bond donors (Lipinski definition) is 1. The summed E-state index contributed by atoms with van der Waals surface area (Å²) in [4.78, 5) is 0. The maximum Gasteiger partial charge on any atom is 0.197 e. The molecule has 2 aliphatic rings. The molecule has 0 radical (unpaired) electrons. The van der Waals surface area contributed by atoms with E-state index >= 15 is 0 Å². The van der Waals surface area contributed by atoms with Crippen LogP contribution in [0.4, 0.5) is 4.39 Å². The minimum absolute atomic E-state index is 0.165. The summed E-state index contributed by atoms with van der Waals surface area (Å²) >= 11 is 3.32. The van der Waals surface area contributed by atoms with E-state index in [0.717, 1.165) is 12.8 Å². The second-order valence-corrected chi connectivity index (χ2v) is 5.43. The third kappa shape index (κ3) is 2.02. The molecule has 5 heteroatoms. The SMILES string of the molecule is OC1(Cc2c(Br)cc3c(c2F)OCCO3)CC1. The summed E-state index contributed by atoms with van der Waals surface area (Å²) in [5, 5.41) is 9.88. The van der Waals surface area contributed by atoms with E-state index in [4.69, 9.17) is 9.47 Å². The summed E-state index contributed by atoms with van der Waals surface area (Å²) in [5.74, 6) is 0.167. The summed E-state index contributed by atoms with van der Waals surface area (Å²) < 4.78 is 25.5. The van der Waals surface area contributed by atoms with Gasteiger partial charge in [0, 0.05) is 16.5 Å². The largest absolute Gasteiger partial charge is 0.486 e. The summed E-state index contributed by atoms with van der Waals surface area (Å²) in [6, 6.07) is 1.71. The van der Waals surface area contributed by atoms with Gasteiger partial charge in [-0.2, -0.15) is 0 Å². The molecule has 1 aliphatic heterocycles. The minimum Gasteiger partial charge on any atom is -0.486 e. The maximum absolute atomic E-state index is 14.2. The lowest BCUT2D eigenvalue weighted by Gasteiger charge is -2.21. The zero-order chi connectivity index (χ0) is 12.0. The van der Waals surface area contributed by atoms with E-state index < -0.39 is 11.4 Å². The Morgan fingerprint density at radius 2 is 2.06 bits per heavy atom. The van der Waals surface area contributed by atoms with Crippen molar-refractivity contribution in [3.63, 3.8) is 0 Å². The van der Waals surface area contributed by atoms with Crippen LogP contribution in [-0.4, -0.2) is 23.9 Å². The molecular weight excluding hydrogens is 291 g/mol. The van der Waals surface area contributed by atoms with Gasteiger partial charge < -0.3 is 14.6 Å². The van der Waals surface area contributed by atoms with Crippen LogP contribution in [0.25, 0.3) is 0 Å². The highest BCUT2D eigenvalue weighted by Gasteiger charge is 2.42. The fourth-order valence-corrected chi connectivity index (χ4v) is 2.49. The Balaban J connectivity index is 2.02. The van der Waals surface area contributed by atoms with Crippen LogP contribution in [-0.2, 0) is 6.42 Å². The molecule has 3 rings (SSSR count). The van der Waals surface area contributed by atoms with Crippen LogP contribution in [0.15, 0.2) is 10.5 Å². The third-order valence-corrected chi connectivity index (χ3v) is 3.86. The van der Waals surface area contributed by atoms with Crippen molar-refractivity contribution in [2.75, 3.05) is 13.2 Å². The Bertz CT molecular complexity index is 471. The molecule has 17 heavy (non-hydrogen) atoms. The topological polar surface area (TPSA) is 38.7 Å². The molecule has 0 spiro atoms. The molecule has 0 aromatic heterocycles. The molecule has 0 saturated heterocycles. The summed E-state index contributed by atoms with van der Waals surface area (Å²) in [6.07, 6.45) is 1.77. The number of aliphatic hydroxyl groups is 1. The van der Waals surface area contributed by atoms with E-state index in [1.54, 1.807) is 6.07 Å². The van der Waals surface area contributed by atoms with Gasteiger partial charge in [0.2, 0.25) is 0 Å². The number of halogens is 2. The highest BCUT2D eigenvalue weighted by Crippen LogP contribution is 2.44. The van der Waals surface area contributed by atoms with Crippen LogP contribution in [0, 0.1) is 5.82 Å². The minimum atomic E-state index is -0.729. The van der Waals surface area contributed by atoms with E-state index in [1.165, 1.54) is 0 Å². The molecule has 1 aromatic carbocycles. The van der Waals surface area contributed by atoms with Gasteiger partial charge in [0.05, 0.1) is 5.60 Å². The number of benzene rings is 1. The first kappa shape index (κ1) is 11.3. The second-order valence-electron chi connectivity index (χ2n) is 4.58. The van der Waals surface area contributed by atoms with Crippen LogP contribution in [0.5, 0.6) is 11.5 Å². The Labute approximate surface area is 107 Å². The zero-order valence-electron chi connectivity index (χ0n) is 9.13. The Morgan fingerprint density at radius 3 is 2.76 bits per heavy atom. The summed E-state index contributed by atoms with van der Waals surface area (Å²) in [7, 11) is 0. The second kappa shape index (κ2) is 3.85. The van der Waals surface area contributed by atoms with Crippen molar-refractivity contribution in [3.05, 3.63) is 21.9 Å². The molecule has 1 N–H and O–H groups in total. The third-order valence-electron chi connectivity index (χ3n) is 3.15. The molecule has 0 amide bonds. The van der Waals surface area contributed by atoms with Gasteiger partial charge in [-0.3, -0.25) is 0 Å². The van der Waals surface area contributed by atoms with Gasteiger partial charge in [-0.05, 0) is 18.9 Å². The van der Waals surface area contributed by atoms with Gasteiger partial charge in [-0.25, -0.2) is 4.39 Å². The number of hydrogen-bond acceptors (Lipinski definition) is 3. The van der Waals surface area contributed by atoms with Crippen LogP contribution in [0.2, 0.25) is 0 Å². The lowest BCUT2D eigenvalue weighted by atomic mass is 10.0. The number of fused-ring (bicyclic) bond motifs is 1. The van der Waals surface area contributed by atoms with E-state index in [-0.39, 0.29) is 5.75 Å². The lowest BCUT2D eigenvalue weighted by Crippen LogP contribution is -2.19. The molecule has 3 nitrogen and oxygen atoms in total. The van der Waals surface area contributed by atoms with Crippen molar-refractivity contribution in [3.8, 4) is 11.5 Å². The van der Waals surface area contributed by atoms with Crippen LogP contribution in [0.3, 0.4) is 0 Å². The highest BCUT2D eigenvalue weighted by atomic mass is 79.9. The van der Waals surface area contributed by atoms with Crippen LogP contribution < -0.4 is 9.47 Å². The Morgan fingerprint density at radius 1 is 1.35 bits per heavy atom. The first-order valence-corrected chi connectivity index (χ1v) is 6.37. The zero-order valence-corrected chi connectivity index (χ0v) is 10.7. The van der Waals surface area contributed by atoms with Gasteiger partial charge in [-0.1, -0.05) is 15.9 Å². The molecule has 1 aliphatic carbocycles. The van der Waals surface area contributed by atoms with Crippen molar-refractivity contribution in [1.29, 1.82) is 0 Å². The van der Waals surface area contributed by atoms with Gasteiger partial charge in [0.15, 0.2) is 17.3 Å². The number of rotatable bonds is 2. The fourth-order valence-electron chi connectivity index (χ4n) is 1.97. The first-order chi connectivity index (χ1) is 8.09. The molecular formula is C12H12BrFO3. The first-order valence-electron chi connectivity index (χ1n) is 5.58. The van der Waals surface area contributed by atoms with Gasteiger partial charge in [0.1, 0.15) is 13.2 Å². The predicted octanol–water partition coefficient (Wildman–Crippen LogP) is 2.43. The van der Waals surface area contributed by atoms with E-state index in [0.29, 0.717) is 35.4 Å². The molecule has 1 saturated carbocycles. The fraction of sp³-hybridized carbons (Fsp3) is 0.500. The van der Waals surface area contributed by atoms with E-state index in [9.17, 15) is 9.50 Å². The lowest BCUT2D eigenvalue weighted by molar-refractivity contribution is 0.146. The van der Waals surface area contributed by atoms with Crippen LogP contribution >= 0.6 is 15.9 Å². The molecule has 0 bridgehead atoms. The van der Waals surface area contributed by atoms with Crippen LogP contribution in [0.1, 0.15) is 18.4 Å². The Kier molecular flexibility index (Phi) is 2.56. The van der Waals surface area contributed by atoms with Gasteiger partial charge >= 0.3 is 0 Å². The van der Waals surface area contributed by atoms with Crippen molar-refractivity contribution in [2.24, 2.45) is 0 Å². The summed E-state index contributed by atoms with van der Waals surface area (Å²) in [5.41, 5.74) is -0.262. The summed E-state index contributed by atoms with van der Waals surface area (Å²) in [6.45, 7) is 0.789. The smallest absolute Gasteiger partial charge is 0.197 e. The normalized spacial score (nSPS) is 20.2. The molecule has 1 aromatic rings. The highest BCUT2D eigenvalue weighted by molar-refractivity contribution is 9.10.